The number of rotatable bonds is 0. The number of carbonyl (C=O) groups excluding carboxylic acids is 1. The van der Waals surface area contributed by atoms with Crippen LogP contribution in [0.5, 0.6) is 0 Å². The molecule has 1 aromatic rings. The number of nitrogens with one attached hydrogen (secondary N) is 2. The first kappa shape index (κ1) is 15.7. The molecule has 0 unspecified atom stereocenters. The predicted octanol–water partition coefficient (Wildman–Crippen LogP) is 0.874. The predicted molar refractivity (Wildman–Crippen MR) is 67.2 cm³/mol. The summed E-state index contributed by atoms with van der Waals surface area (Å²) in [7, 11) is -5.84. The van der Waals surface area contributed by atoms with E-state index in [1.54, 1.807) is 0 Å². The van der Waals surface area contributed by atoms with Crippen LogP contribution in [-0.4, -0.2) is 37.5 Å². The first-order valence-electron chi connectivity index (χ1n) is 5.73. The third-order valence-corrected chi connectivity index (χ3v) is 3.86. The largest absolute Gasteiger partial charge is 0.522 e. The van der Waals surface area contributed by atoms with Gasteiger partial charge in [0.15, 0.2) is 0 Å². The number of alkyl halides is 3. The zero-order valence-corrected chi connectivity index (χ0v) is 11.3. The third-order valence-electron chi connectivity index (χ3n) is 3.27. The minimum Gasteiger partial charge on any atom is -0.325 e. The zero-order valence-electron chi connectivity index (χ0n) is 10.4. The molecule has 2 aliphatic rings. The van der Waals surface area contributed by atoms with Gasteiger partial charge < -0.3 is 10.6 Å². The van der Waals surface area contributed by atoms with Gasteiger partial charge in [-0.3, -0.25) is 9.35 Å². The Bertz CT molecular complexity index is 668. The molecule has 0 atom stereocenters. The van der Waals surface area contributed by atoms with Gasteiger partial charge in [-0.05, 0) is 11.6 Å². The summed E-state index contributed by atoms with van der Waals surface area (Å²) >= 11 is 0. The van der Waals surface area contributed by atoms with Crippen molar-refractivity contribution in [2.75, 3.05) is 18.4 Å². The molecule has 116 valence electrons. The van der Waals surface area contributed by atoms with Gasteiger partial charge in [-0.2, -0.15) is 21.6 Å². The van der Waals surface area contributed by atoms with Crippen molar-refractivity contribution in [3.8, 4) is 0 Å². The number of hydrogen-bond acceptors (Lipinski definition) is 4. The highest BCUT2D eigenvalue weighted by atomic mass is 32.2. The molecule has 0 bridgehead atoms. The molecule has 21 heavy (non-hydrogen) atoms. The maximum atomic E-state index is 11.7. The summed E-state index contributed by atoms with van der Waals surface area (Å²) < 4.78 is 57.5. The average molecular weight is 324 g/mol. The second-order valence-corrected chi connectivity index (χ2v) is 6.02. The number of fused-ring (bicyclic) bond motifs is 2. The molecule has 2 aliphatic heterocycles. The summed E-state index contributed by atoms with van der Waals surface area (Å²) in [6, 6.07) is 7.93. The highest BCUT2D eigenvalue weighted by Crippen LogP contribution is 2.39. The Kier molecular flexibility index (Phi) is 3.72. The summed E-state index contributed by atoms with van der Waals surface area (Å²) in [5, 5.41) is 6.07. The second kappa shape index (κ2) is 4.97. The number of hydrogen-bond donors (Lipinski definition) is 3. The fourth-order valence-electron chi connectivity index (χ4n) is 2.10. The molecule has 10 heteroatoms. The van der Waals surface area contributed by atoms with Crippen molar-refractivity contribution in [3.05, 3.63) is 29.8 Å². The standard InChI is InChI=1S/C10H10N2O.CHF3O3S/c13-9-10(5-11-6-10)7-3-1-2-4-8(7)12-9;2-1(3,4)8(5,6)7/h1-4,11H,5-6H2,(H,12,13);(H,5,6,7). The molecule has 0 aliphatic carbocycles. The number of carbonyl (C=O) groups is 1. The summed E-state index contributed by atoms with van der Waals surface area (Å²) in [5.41, 5.74) is -3.66. The molecule has 0 radical (unpaired) electrons. The van der Waals surface area contributed by atoms with Crippen LogP contribution in [0.15, 0.2) is 24.3 Å². The SMILES string of the molecule is O=C1Nc2ccccc2C12CNC2.O=S(=O)(O)C(F)(F)F. The van der Waals surface area contributed by atoms with Crippen LogP contribution < -0.4 is 10.6 Å². The number of benzene rings is 1. The van der Waals surface area contributed by atoms with Crippen LogP contribution >= 0.6 is 0 Å². The Balaban J connectivity index is 0.000000177. The molecule has 1 aromatic carbocycles. The highest BCUT2D eigenvalue weighted by Gasteiger charge is 2.51. The van der Waals surface area contributed by atoms with E-state index in [2.05, 4.69) is 10.6 Å². The lowest BCUT2D eigenvalue weighted by Crippen LogP contribution is -2.60. The van der Waals surface area contributed by atoms with E-state index in [4.69, 9.17) is 13.0 Å². The summed E-state index contributed by atoms with van der Waals surface area (Å²) in [6.45, 7) is 1.55. The highest BCUT2D eigenvalue weighted by molar-refractivity contribution is 7.86. The minimum atomic E-state index is -5.84. The fourth-order valence-corrected chi connectivity index (χ4v) is 2.10. The van der Waals surface area contributed by atoms with Gasteiger partial charge in [0.2, 0.25) is 5.91 Å². The monoisotopic (exact) mass is 324 g/mol. The van der Waals surface area contributed by atoms with Gasteiger partial charge in [-0.25, -0.2) is 0 Å². The van der Waals surface area contributed by atoms with Crippen molar-refractivity contribution in [1.82, 2.24) is 5.32 Å². The van der Waals surface area contributed by atoms with E-state index in [-0.39, 0.29) is 11.3 Å². The van der Waals surface area contributed by atoms with Crippen LogP contribution in [0.4, 0.5) is 18.9 Å². The first-order valence-corrected chi connectivity index (χ1v) is 7.17. The van der Waals surface area contributed by atoms with Crippen LogP contribution in [-0.2, 0) is 20.3 Å². The number of anilines is 1. The number of para-hydroxylation sites is 1. The lowest BCUT2D eigenvalue weighted by atomic mass is 9.76. The van der Waals surface area contributed by atoms with Gasteiger partial charge in [0, 0.05) is 18.8 Å². The molecule has 0 saturated carbocycles. The quantitative estimate of drug-likeness (QED) is 0.486. The van der Waals surface area contributed by atoms with E-state index in [1.807, 2.05) is 24.3 Å². The lowest BCUT2D eigenvalue weighted by Gasteiger charge is -2.37. The lowest BCUT2D eigenvalue weighted by molar-refractivity contribution is -0.122. The van der Waals surface area contributed by atoms with Gasteiger partial charge in [0.1, 0.15) is 5.41 Å². The van der Waals surface area contributed by atoms with Crippen LogP contribution in [0.3, 0.4) is 0 Å². The van der Waals surface area contributed by atoms with E-state index < -0.39 is 15.6 Å². The van der Waals surface area contributed by atoms with Crippen molar-refractivity contribution in [2.45, 2.75) is 10.9 Å². The van der Waals surface area contributed by atoms with Gasteiger partial charge in [-0.1, -0.05) is 18.2 Å². The second-order valence-electron chi connectivity index (χ2n) is 4.61. The van der Waals surface area contributed by atoms with E-state index in [1.165, 1.54) is 0 Å². The Labute approximate surface area is 118 Å². The molecule has 3 rings (SSSR count). The maximum absolute atomic E-state index is 11.7. The Morgan fingerprint density at radius 1 is 1.19 bits per heavy atom. The average Bonchev–Trinajstić information content (AvgIpc) is 2.58. The zero-order chi connectivity index (χ0) is 15.9. The van der Waals surface area contributed by atoms with Gasteiger partial charge >= 0.3 is 15.6 Å². The summed E-state index contributed by atoms with van der Waals surface area (Å²) in [4.78, 5) is 11.7. The molecule has 2 heterocycles. The molecule has 0 aromatic heterocycles. The molecule has 1 saturated heterocycles. The molecule has 6 nitrogen and oxygen atoms in total. The van der Waals surface area contributed by atoms with Crippen LogP contribution in [0.2, 0.25) is 0 Å². The van der Waals surface area contributed by atoms with Crippen molar-refractivity contribution >= 4 is 21.7 Å². The maximum Gasteiger partial charge on any atom is 0.522 e. The van der Waals surface area contributed by atoms with Crippen LogP contribution in [0.25, 0.3) is 0 Å². The van der Waals surface area contributed by atoms with Gasteiger partial charge in [0.25, 0.3) is 0 Å². The normalized spacial score (nSPS) is 19.1. The Hall–Kier alpha value is -1.65. The van der Waals surface area contributed by atoms with Crippen molar-refractivity contribution in [1.29, 1.82) is 0 Å². The van der Waals surface area contributed by atoms with E-state index in [0.29, 0.717) is 0 Å². The molecular weight excluding hydrogens is 313 g/mol. The minimum absolute atomic E-state index is 0.146. The summed E-state index contributed by atoms with van der Waals surface area (Å²) in [6.07, 6.45) is 0. The first-order chi connectivity index (χ1) is 9.58. The Morgan fingerprint density at radius 2 is 1.71 bits per heavy atom. The van der Waals surface area contributed by atoms with Crippen LogP contribution in [0.1, 0.15) is 5.56 Å². The van der Waals surface area contributed by atoms with Crippen molar-refractivity contribution in [2.24, 2.45) is 0 Å². The van der Waals surface area contributed by atoms with Gasteiger partial charge in [-0.15, -0.1) is 0 Å². The molecule has 3 N–H and O–H groups in total. The number of halogens is 3. The molecular formula is C11H11F3N2O4S. The van der Waals surface area contributed by atoms with E-state index >= 15 is 0 Å². The van der Waals surface area contributed by atoms with Crippen molar-refractivity contribution in [3.63, 3.8) is 0 Å². The third kappa shape index (κ3) is 2.74. The van der Waals surface area contributed by atoms with Crippen LogP contribution in [0, 0.1) is 0 Å². The topological polar surface area (TPSA) is 95.5 Å². The molecule has 1 fully saturated rings. The van der Waals surface area contributed by atoms with Gasteiger partial charge in [0.05, 0.1) is 0 Å². The Morgan fingerprint density at radius 3 is 2.14 bits per heavy atom. The molecule has 1 spiro atoms. The fraction of sp³-hybridized carbons (Fsp3) is 0.364. The van der Waals surface area contributed by atoms with E-state index in [0.717, 1.165) is 24.3 Å². The van der Waals surface area contributed by atoms with E-state index in [9.17, 15) is 18.0 Å². The number of amides is 1. The smallest absolute Gasteiger partial charge is 0.325 e. The van der Waals surface area contributed by atoms with Crippen molar-refractivity contribution < 1.29 is 30.9 Å². The summed E-state index contributed by atoms with van der Waals surface area (Å²) in [5.74, 6) is 0.146. The molecule has 1 amide bonds.